The Morgan fingerprint density at radius 1 is 0.857 bits per heavy atom. The molecule has 0 spiro atoms. The predicted molar refractivity (Wildman–Crippen MR) is 156 cm³/mol. The van der Waals surface area contributed by atoms with Gasteiger partial charge in [0, 0.05) is 41.2 Å². The Morgan fingerprint density at radius 3 is 2.19 bits per heavy atom. The number of aliphatic hydroxyl groups is 1. The second-order valence-corrected chi connectivity index (χ2v) is 10.9. The van der Waals surface area contributed by atoms with Crippen molar-refractivity contribution < 1.29 is 39.3 Å². The summed E-state index contributed by atoms with van der Waals surface area (Å²) in [4.78, 5) is 35.7. The maximum Gasteiger partial charge on any atom is 0.336 e. The Hall–Kier alpha value is -3.74. The zero-order valence-corrected chi connectivity index (χ0v) is 23.7. The molecule has 1 aliphatic heterocycles. The summed E-state index contributed by atoms with van der Waals surface area (Å²) in [7, 11) is 0. The molecule has 11 heteroatoms. The van der Waals surface area contributed by atoms with Crippen molar-refractivity contribution in [3.05, 3.63) is 95.1 Å². The standard InChI is InChI=1S/C31H34N2O8S/c34-18-20-9-11-21(12-10-20)26-17-24(19-42-27-6-2-1-5-25(27)30(37)38)40-31(41-26)22-13-15-23(16-14-22)32-28(35)7-3-4-8-29(36)33-39/h1-2,5-6,9-16,24,26,31,34,39H,3-4,7-8,17-19H2,(H,32,35)(H,33,36)(H,37,38). The van der Waals surface area contributed by atoms with Crippen LogP contribution < -0.4 is 10.8 Å². The van der Waals surface area contributed by atoms with Crippen molar-refractivity contribution >= 4 is 35.2 Å². The topological polar surface area (TPSA) is 154 Å². The van der Waals surface area contributed by atoms with Crippen LogP contribution in [-0.4, -0.2) is 45.1 Å². The molecule has 2 amide bonds. The number of rotatable bonds is 13. The molecule has 1 fully saturated rings. The molecule has 3 atom stereocenters. The maximum absolute atomic E-state index is 12.3. The van der Waals surface area contributed by atoms with E-state index in [1.807, 2.05) is 42.5 Å². The molecular weight excluding hydrogens is 560 g/mol. The minimum atomic E-state index is -0.980. The van der Waals surface area contributed by atoms with Crippen LogP contribution in [0.1, 0.15) is 71.5 Å². The highest BCUT2D eigenvalue weighted by molar-refractivity contribution is 7.99. The quantitative estimate of drug-likeness (QED) is 0.0775. The number of benzene rings is 3. The van der Waals surface area contributed by atoms with Crippen LogP contribution in [-0.2, 0) is 25.7 Å². The molecule has 222 valence electrons. The first kappa shape index (κ1) is 31.2. The van der Waals surface area contributed by atoms with Gasteiger partial charge in [-0.15, -0.1) is 11.8 Å². The van der Waals surface area contributed by atoms with Gasteiger partial charge in [0.15, 0.2) is 6.29 Å². The summed E-state index contributed by atoms with van der Waals surface area (Å²) in [6.07, 6.45) is 0.733. The summed E-state index contributed by atoms with van der Waals surface area (Å²) in [5.41, 5.74) is 4.94. The molecule has 3 unspecified atom stereocenters. The first-order valence-corrected chi connectivity index (χ1v) is 14.6. The predicted octanol–water partition coefficient (Wildman–Crippen LogP) is 5.22. The van der Waals surface area contributed by atoms with Crippen molar-refractivity contribution in [3.8, 4) is 0 Å². The third-order valence-electron chi connectivity index (χ3n) is 6.81. The van der Waals surface area contributed by atoms with Crippen LogP contribution >= 0.6 is 11.8 Å². The highest BCUT2D eigenvalue weighted by Gasteiger charge is 2.32. The van der Waals surface area contributed by atoms with Gasteiger partial charge < -0.3 is 25.0 Å². The molecule has 0 aliphatic carbocycles. The summed E-state index contributed by atoms with van der Waals surface area (Å²) >= 11 is 1.43. The molecule has 3 aromatic rings. The Kier molecular flexibility index (Phi) is 11.5. The minimum Gasteiger partial charge on any atom is -0.478 e. The van der Waals surface area contributed by atoms with Gasteiger partial charge in [0.25, 0.3) is 0 Å². The fourth-order valence-corrected chi connectivity index (χ4v) is 5.61. The number of aliphatic hydroxyl groups excluding tert-OH is 1. The number of carbonyl (C=O) groups excluding carboxylic acids is 2. The molecule has 0 radical (unpaired) electrons. The third-order valence-corrected chi connectivity index (χ3v) is 8.01. The van der Waals surface area contributed by atoms with Gasteiger partial charge in [0.1, 0.15) is 0 Å². The molecule has 0 saturated carbocycles. The van der Waals surface area contributed by atoms with Crippen molar-refractivity contribution in [1.82, 2.24) is 5.48 Å². The monoisotopic (exact) mass is 594 g/mol. The number of anilines is 1. The Labute approximate surface area is 248 Å². The maximum atomic E-state index is 12.3. The second kappa shape index (κ2) is 15.5. The summed E-state index contributed by atoms with van der Waals surface area (Å²) in [6, 6.07) is 21.6. The highest BCUT2D eigenvalue weighted by atomic mass is 32.2. The largest absolute Gasteiger partial charge is 0.478 e. The molecule has 0 aromatic heterocycles. The Morgan fingerprint density at radius 2 is 1.52 bits per heavy atom. The van der Waals surface area contributed by atoms with E-state index in [-0.39, 0.29) is 43.1 Å². The van der Waals surface area contributed by atoms with Gasteiger partial charge in [0.2, 0.25) is 11.8 Å². The van der Waals surface area contributed by atoms with Gasteiger partial charge in [-0.1, -0.05) is 48.5 Å². The number of unbranched alkanes of at least 4 members (excludes halogenated alkanes) is 1. The molecule has 10 nitrogen and oxygen atoms in total. The van der Waals surface area contributed by atoms with E-state index >= 15 is 0 Å². The first-order chi connectivity index (χ1) is 20.4. The molecule has 1 aliphatic rings. The van der Waals surface area contributed by atoms with E-state index in [0.717, 1.165) is 16.7 Å². The van der Waals surface area contributed by atoms with Crippen molar-refractivity contribution in [2.24, 2.45) is 0 Å². The van der Waals surface area contributed by atoms with Gasteiger partial charge in [-0.2, -0.15) is 0 Å². The fourth-order valence-electron chi connectivity index (χ4n) is 4.55. The lowest BCUT2D eigenvalue weighted by atomic mass is 10.0. The number of thioether (sulfide) groups is 1. The van der Waals surface area contributed by atoms with E-state index in [1.54, 1.807) is 35.8 Å². The lowest BCUT2D eigenvalue weighted by Gasteiger charge is -2.36. The van der Waals surface area contributed by atoms with Gasteiger partial charge >= 0.3 is 5.97 Å². The number of carboxylic acid groups (broad SMARTS) is 1. The molecule has 1 saturated heterocycles. The Balaban J connectivity index is 1.43. The second-order valence-electron chi connectivity index (χ2n) is 9.87. The van der Waals surface area contributed by atoms with Crippen LogP contribution in [0.5, 0.6) is 0 Å². The molecule has 0 bridgehead atoms. The van der Waals surface area contributed by atoms with Crippen LogP contribution in [0.4, 0.5) is 5.69 Å². The summed E-state index contributed by atoms with van der Waals surface area (Å²) < 4.78 is 12.7. The minimum absolute atomic E-state index is 0.0520. The van der Waals surface area contributed by atoms with Crippen molar-refractivity contribution in [2.75, 3.05) is 11.1 Å². The number of amides is 2. The van der Waals surface area contributed by atoms with Gasteiger partial charge in [-0.25, -0.2) is 10.3 Å². The molecule has 5 N–H and O–H groups in total. The van der Waals surface area contributed by atoms with Crippen LogP contribution in [0.25, 0.3) is 0 Å². The van der Waals surface area contributed by atoms with E-state index in [9.17, 15) is 24.6 Å². The molecule has 4 rings (SSSR count). The van der Waals surface area contributed by atoms with E-state index in [0.29, 0.717) is 35.6 Å². The van der Waals surface area contributed by atoms with Crippen LogP contribution in [0.15, 0.2) is 77.7 Å². The number of nitrogens with one attached hydrogen (secondary N) is 2. The van der Waals surface area contributed by atoms with Crippen molar-refractivity contribution in [1.29, 1.82) is 0 Å². The number of hydrogen-bond acceptors (Lipinski definition) is 8. The van der Waals surface area contributed by atoms with Gasteiger partial charge in [0.05, 0.1) is 24.4 Å². The summed E-state index contributed by atoms with van der Waals surface area (Å²) in [5.74, 6) is -1.12. The molecule has 1 heterocycles. The molecule has 42 heavy (non-hydrogen) atoms. The molecule has 3 aromatic carbocycles. The van der Waals surface area contributed by atoms with Crippen LogP contribution in [0, 0.1) is 0 Å². The van der Waals surface area contributed by atoms with E-state index in [1.165, 1.54) is 11.8 Å². The third kappa shape index (κ3) is 8.88. The average Bonchev–Trinajstić information content (AvgIpc) is 3.02. The van der Waals surface area contributed by atoms with E-state index in [2.05, 4.69) is 5.32 Å². The van der Waals surface area contributed by atoms with Crippen molar-refractivity contribution in [2.45, 2.75) is 62.1 Å². The number of carboxylic acids is 1. The Bertz CT molecular complexity index is 1350. The van der Waals surface area contributed by atoms with Crippen LogP contribution in [0.2, 0.25) is 0 Å². The van der Waals surface area contributed by atoms with E-state index in [4.69, 9.17) is 14.7 Å². The highest BCUT2D eigenvalue weighted by Crippen LogP contribution is 2.40. The lowest BCUT2D eigenvalue weighted by molar-refractivity contribution is -0.245. The SMILES string of the molecule is O=C(CCCCC(=O)Nc1ccc(C2OC(CSc3ccccc3C(=O)O)CC(c3ccc(CO)cc3)O2)cc1)NO. The molecular formula is C31H34N2O8S. The number of carbonyl (C=O) groups is 3. The zero-order chi connectivity index (χ0) is 29.9. The lowest BCUT2D eigenvalue weighted by Crippen LogP contribution is -2.31. The number of hydrogen-bond donors (Lipinski definition) is 5. The van der Waals surface area contributed by atoms with Gasteiger partial charge in [-0.05, 0) is 48.2 Å². The number of hydroxylamine groups is 1. The normalized spacial score (nSPS) is 18.3. The number of ether oxygens (including phenoxy) is 2. The first-order valence-electron chi connectivity index (χ1n) is 13.6. The number of aromatic carboxylic acids is 1. The van der Waals surface area contributed by atoms with Crippen molar-refractivity contribution in [3.63, 3.8) is 0 Å². The average molecular weight is 595 g/mol. The summed E-state index contributed by atoms with van der Waals surface area (Å²) in [6.45, 7) is -0.0520. The van der Waals surface area contributed by atoms with Crippen LogP contribution in [0.3, 0.4) is 0 Å². The smallest absolute Gasteiger partial charge is 0.336 e. The fraction of sp³-hybridized carbons (Fsp3) is 0.323. The zero-order valence-electron chi connectivity index (χ0n) is 22.9. The summed E-state index contributed by atoms with van der Waals surface area (Å²) in [5, 5.41) is 30.4. The van der Waals surface area contributed by atoms with E-state index < -0.39 is 18.2 Å². The van der Waals surface area contributed by atoms with Gasteiger partial charge in [-0.3, -0.25) is 14.8 Å².